The minimum absolute atomic E-state index is 0.0235. The normalized spacial score (nSPS) is 12.3. The van der Waals surface area contributed by atoms with Gasteiger partial charge in [0, 0.05) is 4.90 Å². The number of hydrogen-bond donors (Lipinski definition) is 1. The summed E-state index contributed by atoms with van der Waals surface area (Å²) in [4.78, 5) is 17.8. The SMILES string of the molecule is Cc1ccc(S[C@H](C)C(=O)Nc2nc3ccccc3s2)cc1. The molecule has 0 saturated carbocycles. The summed E-state index contributed by atoms with van der Waals surface area (Å²) in [6.07, 6.45) is 0. The predicted octanol–water partition coefficient (Wildman–Crippen LogP) is 4.72. The van der Waals surface area contributed by atoms with E-state index in [2.05, 4.69) is 29.4 Å². The van der Waals surface area contributed by atoms with Gasteiger partial charge in [-0.3, -0.25) is 4.79 Å². The van der Waals surface area contributed by atoms with Gasteiger partial charge in [-0.15, -0.1) is 11.8 Å². The first kappa shape index (κ1) is 15.1. The average molecular weight is 328 g/mol. The molecular formula is C17H16N2OS2. The summed E-state index contributed by atoms with van der Waals surface area (Å²) in [5.74, 6) is -0.0235. The minimum atomic E-state index is -0.172. The topological polar surface area (TPSA) is 42.0 Å². The van der Waals surface area contributed by atoms with E-state index in [0.29, 0.717) is 5.13 Å². The van der Waals surface area contributed by atoms with Crippen molar-refractivity contribution in [2.45, 2.75) is 24.0 Å². The van der Waals surface area contributed by atoms with Gasteiger partial charge in [-0.2, -0.15) is 0 Å². The molecule has 0 spiro atoms. The Hall–Kier alpha value is -1.85. The van der Waals surface area contributed by atoms with Gasteiger partial charge in [-0.1, -0.05) is 41.2 Å². The van der Waals surface area contributed by atoms with Crippen LogP contribution in [0.4, 0.5) is 5.13 Å². The summed E-state index contributed by atoms with van der Waals surface area (Å²) in [5, 5.41) is 3.39. The van der Waals surface area contributed by atoms with Crippen molar-refractivity contribution in [3.05, 3.63) is 54.1 Å². The number of anilines is 1. The molecule has 1 atom stereocenters. The second-order valence-electron chi connectivity index (χ2n) is 5.05. The van der Waals surface area contributed by atoms with Crippen LogP contribution in [0.2, 0.25) is 0 Å². The summed E-state index contributed by atoms with van der Waals surface area (Å²) in [6, 6.07) is 16.1. The third-order valence-corrected chi connectivity index (χ3v) is 5.29. The van der Waals surface area contributed by atoms with E-state index in [9.17, 15) is 4.79 Å². The van der Waals surface area contributed by atoms with Gasteiger partial charge in [-0.25, -0.2) is 4.98 Å². The van der Waals surface area contributed by atoms with Crippen LogP contribution >= 0.6 is 23.1 Å². The van der Waals surface area contributed by atoms with Crippen molar-refractivity contribution in [2.24, 2.45) is 0 Å². The van der Waals surface area contributed by atoms with Gasteiger partial charge in [-0.05, 0) is 38.1 Å². The number of thioether (sulfide) groups is 1. The zero-order valence-electron chi connectivity index (χ0n) is 12.4. The molecule has 3 rings (SSSR count). The van der Waals surface area contributed by atoms with Crippen LogP contribution in [-0.4, -0.2) is 16.1 Å². The van der Waals surface area contributed by atoms with Crippen molar-refractivity contribution in [3.8, 4) is 0 Å². The van der Waals surface area contributed by atoms with Crippen LogP contribution in [-0.2, 0) is 4.79 Å². The van der Waals surface area contributed by atoms with E-state index in [-0.39, 0.29) is 11.2 Å². The lowest BCUT2D eigenvalue weighted by atomic mass is 10.2. The van der Waals surface area contributed by atoms with Crippen LogP contribution in [0.1, 0.15) is 12.5 Å². The van der Waals surface area contributed by atoms with E-state index < -0.39 is 0 Å². The average Bonchev–Trinajstić information content (AvgIpc) is 2.91. The van der Waals surface area contributed by atoms with Crippen LogP contribution in [0.15, 0.2) is 53.4 Å². The van der Waals surface area contributed by atoms with Gasteiger partial charge >= 0.3 is 0 Å². The fourth-order valence-corrected chi connectivity index (χ4v) is 3.74. The zero-order valence-corrected chi connectivity index (χ0v) is 14.0. The molecule has 22 heavy (non-hydrogen) atoms. The number of thiazole rings is 1. The maximum atomic E-state index is 12.3. The van der Waals surface area contributed by atoms with Crippen LogP contribution < -0.4 is 5.32 Å². The lowest BCUT2D eigenvalue weighted by Gasteiger charge is -2.10. The third kappa shape index (κ3) is 3.48. The fraction of sp³-hybridized carbons (Fsp3) is 0.176. The summed E-state index contributed by atoms with van der Waals surface area (Å²) in [7, 11) is 0. The van der Waals surface area contributed by atoms with Gasteiger partial charge in [0.1, 0.15) is 0 Å². The highest BCUT2D eigenvalue weighted by Crippen LogP contribution is 2.28. The molecule has 0 aliphatic heterocycles. The van der Waals surface area contributed by atoms with Crippen molar-refractivity contribution in [1.29, 1.82) is 0 Å². The van der Waals surface area contributed by atoms with Crippen LogP contribution in [0.5, 0.6) is 0 Å². The summed E-state index contributed by atoms with van der Waals surface area (Å²) < 4.78 is 1.08. The first-order valence-electron chi connectivity index (χ1n) is 7.01. The number of amides is 1. The van der Waals surface area contributed by atoms with Crippen molar-refractivity contribution in [2.75, 3.05) is 5.32 Å². The Bertz CT molecular complexity index is 763. The molecule has 1 aromatic heterocycles. The van der Waals surface area contributed by atoms with Gasteiger partial charge in [0.15, 0.2) is 5.13 Å². The Kier molecular flexibility index (Phi) is 4.45. The van der Waals surface area contributed by atoms with Gasteiger partial charge in [0.2, 0.25) is 5.91 Å². The van der Waals surface area contributed by atoms with E-state index >= 15 is 0 Å². The number of para-hydroxylation sites is 1. The number of nitrogens with one attached hydrogen (secondary N) is 1. The number of rotatable bonds is 4. The fourth-order valence-electron chi connectivity index (χ4n) is 2.01. The molecule has 0 saturated heterocycles. The second kappa shape index (κ2) is 6.50. The molecule has 2 aromatic carbocycles. The van der Waals surface area contributed by atoms with Gasteiger partial charge in [0.25, 0.3) is 0 Å². The van der Waals surface area contributed by atoms with Crippen molar-refractivity contribution in [3.63, 3.8) is 0 Å². The molecule has 0 fully saturated rings. The number of carbonyl (C=O) groups excluding carboxylic acids is 1. The maximum Gasteiger partial charge on any atom is 0.239 e. The summed E-state index contributed by atoms with van der Waals surface area (Å²) >= 11 is 3.05. The molecular weight excluding hydrogens is 312 g/mol. The number of benzene rings is 2. The highest BCUT2D eigenvalue weighted by molar-refractivity contribution is 8.00. The molecule has 5 heteroatoms. The summed E-state index contributed by atoms with van der Waals surface area (Å²) in [6.45, 7) is 3.96. The molecule has 1 heterocycles. The van der Waals surface area contributed by atoms with Crippen LogP contribution in [0.25, 0.3) is 10.2 Å². The predicted molar refractivity (Wildman–Crippen MR) is 94.7 cm³/mol. The number of fused-ring (bicyclic) bond motifs is 1. The van der Waals surface area contributed by atoms with Crippen molar-refractivity contribution < 1.29 is 4.79 Å². The lowest BCUT2D eigenvalue weighted by Crippen LogP contribution is -2.22. The number of carbonyl (C=O) groups is 1. The second-order valence-corrected chi connectivity index (χ2v) is 7.49. The number of nitrogens with zero attached hydrogens (tertiary/aromatic N) is 1. The van der Waals surface area contributed by atoms with E-state index in [4.69, 9.17) is 0 Å². The Morgan fingerprint density at radius 2 is 1.91 bits per heavy atom. The van der Waals surface area contributed by atoms with E-state index in [1.54, 1.807) is 11.8 Å². The molecule has 0 unspecified atom stereocenters. The number of aryl methyl sites for hydroxylation is 1. The largest absolute Gasteiger partial charge is 0.301 e. The molecule has 0 radical (unpaired) electrons. The quantitative estimate of drug-likeness (QED) is 0.704. The number of hydrogen-bond acceptors (Lipinski definition) is 4. The highest BCUT2D eigenvalue weighted by Gasteiger charge is 2.16. The Balaban J connectivity index is 1.66. The van der Waals surface area contributed by atoms with E-state index in [1.807, 2.05) is 43.3 Å². The Labute approximate surface area is 137 Å². The van der Waals surface area contributed by atoms with Gasteiger partial charge in [0.05, 0.1) is 15.5 Å². The molecule has 3 aromatic rings. The minimum Gasteiger partial charge on any atom is -0.301 e. The third-order valence-electron chi connectivity index (χ3n) is 3.23. The Morgan fingerprint density at radius 3 is 2.64 bits per heavy atom. The van der Waals surface area contributed by atoms with Crippen molar-refractivity contribution >= 4 is 44.4 Å². The first-order chi connectivity index (χ1) is 10.6. The lowest BCUT2D eigenvalue weighted by molar-refractivity contribution is -0.115. The molecule has 0 bridgehead atoms. The van der Waals surface area contributed by atoms with E-state index in [0.717, 1.165) is 15.1 Å². The maximum absolute atomic E-state index is 12.3. The molecule has 1 amide bonds. The molecule has 3 nitrogen and oxygen atoms in total. The highest BCUT2D eigenvalue weighted by atomic mass is 32.2. The van der Waals surface area contributed by atoms with Crippen molar-refractivity contribution in [1.82, 2.24) is 4.98 Å². The number of aromatic nitrogens is 1. The smallest absolute Gasteiger partial charge is 0.239 e. The Morgan fingerprint density at radius 1 is 1.18 bits per heavy atom. The monoisotopic (exact) mass is 328 g/mol. The van der Waals surface area contributed by atoms with Crippen LogP contribution in [0, 0.1) is 6.92 Å². The first-order valence-corrected chi connectivity index (χ1v) is 8.71. The standard InChI is InChI=1S/C17H16N2OS2/c1-11-7-9-13(10-8-11)21-12(2)16(20)19-17-18-14-5-3-4-6-15(14)22-17/h3-10,12H,1-2H3,(H,18,19,20)/t12-/m1/s1. The van der Waals surface area contributed by atoms with E-state index in [1.165, 1.54) is 16.9 Å². The van der Waals surface area contributed by atoms with Crippen LogP contribution in [0.3, 0.4) is 0 Å². The molecule has 0 aliphatic rings. The molecule has 0 aliphatic carbocycles. The zero-order chi connectivity index (χ0) is 15.5. The molecule has 1 N–H and O–H groups in total. The summed E-state index contributed by atoms with van der Waals surface area (Å²) in [5.41, 5.74) is 2.14. The van der Waals surface area contributed by atoms with Gasteiger partial charge < -0.3 is 5.32 Å². The molecule has 112 valence electrons.